The summed E-state index contributed by atoms with van der Waals surface area (Å²) in [4.78, 5) is -0.244. The fourth-order valence-electron chi connectivity index (χ4n) is 3.25. The lowest BCUT2D eigenvalue weighted by molar-refractivity contribution is 0.415. The van der Waals surface area contributed by atoms with Gasteiger partial charge in [-0.2, -0.15) is 13.5 Å². The van der Waals surface area contributed by atoms with E-state index in [-0.39, 0.29) is 4.90 Å². The van der Waals surface area contributed by atoms with Crippen molar-refractivity contribution >= 4 is 43.6 Å². The Bertz CT molecular complexity index is 1500. The fraction of sp³-hybridized carbons (Fsp3) is 0.0833. The molecule has 0 radical (unpaired) electrons. The van der Waals surface area contributed by atoms with Crippen LogP contribution in [-0.4, -0.2) is 20.1 Å². The molecule has 0 unspecified atom stereocenters. The Kier molecular flexibility index (Phi) is 6.25. The molecule has 0 heterocycles. The van der Waals surface area contributed by atoms with Gasteiger partial charge >= 0.3 is 0 Å². The first-order valence-corrected chi connectivity index (χ1v) is 11.4. The number of azo groups is 2. The fourth-order valence-corrected chi connectivity index (χ4v) is 3.77. The molecule has 4 aromatic rings. The number of aryl methyl sites for hydroxylation is 1. The number of hydrogen-bond acceptors (Lipinski definition) is 7. The third-order valence-corrected chi connectivity index (χ3v) is 5.72. The second-order valence-electron chi connectivity index (χ2n) is 7.20. The van der Waals surface area contributed by atoms with Gasteiger partial charge in [-0.1, -0.05) is 36.4 Å². The third kappa shape index (κ3) is 5.11. The van der Waals surface area contributed by atoms with E-state index in [4.69, 9.17) is 4.74 Å². The van der Waals surface area contributed by atoms with Crippen molar-refractivity contribution in [2.75, 3.05) is 7.11 Å². The number of benzene rings is 4. The van der Waals surface area contributed by atoms with Gasteiger partial charge in [0.2, 0.25) is 0 Å². The highest BCUT2D eigenvalue weighted by atomic mass is 32.2. The highest BCUT2D eigenvalue weighted by molar-refractivity contribution is 7.85. The lowest BCUT2D eigenvalue weighted by Gasteiger charge is -2.06. The first kappa shape index (κ1) is 22.3. The number of methoxy groups -OCH3 is 1. The van der Waals surface area contributed by atoms with Gasteiger partial charge < -0.3 is 4.74 Å². The quantitative estimate of drug-likeness (QED) is 0.241. The van der Waals surface area contributed by atoms with E-state index in [1.54, 1.807) is 25.3 Å². The Morgan fingerprint density at radius 3 is 2.00 bits per heavy atom. The van der Waals surface area contributed by atoms with Gasteiger partial charge in [-0.25, -0.2) is 0 Å². The van der Waals surface area contributed by atoms with Crippen LogP contribution >= 0.6 is 0 Å². The van der Waals surface area contributed by atoms with Gasteiger partial charge in [-0.3, -0.25) is 4.55 Å². The van der Waals surface area contributed by atoms with Crippen LogP contribution in [0, 0.1) is 6.92 Å². The van der Waals surface area contributed by atoms with Gasteiger partial charge in [0.05, 0.1) is 29.1 Å². The Hall–Kier alpha value is -3.95. The first-order valence-electron chi connectivity index (χ1n) is 9.92. The summed E-state index contributed by atoms with van der Waals surface area (Å²) >= 11 is 0. The van der Waals surface area contributed by atoms with Gasteiger partial charge in [-0.05, 0) is 55.0 Å². The van der Waals surface area contributed by atoms with Crippen molar-refractivity contribution in [3.63, 3.8) is 0 Å². The summed E-state index contributed by atoms with van der Waals surface area (Å²) < 4.78 is 37.3. The highest BCUT2D eigenvalue weighted by Crippen LogP contribution is 2.36. The average Bonchev–Trinajstić information content (AvgIpc) is 2.81. The molecule has 0 aromatic heterocycles. The van der Waals surface area contributed by atoms with Gasteiger partial charge in [-0.15, -0.1) is 15.3 Å². The maximum atomic E-state index is 11.4. The molecule has 0 aliphatic carbocycles. The second-order valence-corrected chi connectivity index (χ2v) is 8.62. The topological polar surface area (TPSA) is 113 Å². The zero-order valence-electron chi connectivity index (χ0n) is 17.9. The normalized spacial score (nSPS) is 12.1. The van der Waals surface area contributed by atoms with E-state index >= 15 is 0 Å². The summed E-state index contributed by atoms with van der Waals surface area (Å²) in [5, 5.41) is 18.9. The molecule has 0 spiro atoms. The molecule has 0 atom stereocenters. The lowest BCUT2D eigenvalue weighted by Crippen LogP contribution is -1.96. The maximum Gasteiger partial charge on any atom is 0.294 e. The summed E-state index contributed by atoms with van der Waals surface area (Å²) in [6.45, 7) is 1.97. The Morgan fingerprint density at radius 1 is 0.727 bits per heavy atom. The van der Waals surface area contributed by atoms with E-state index in [2.05, 4.69) is 20.5 Å². The van der Waals surface area contributed by atoms with Crippen LogP contribution in [0.5, 0.6) is 5.75 Å². The number of fused-ring (bicyclic) bond motifs is 1. The molecule has 0 fully saturated rings. The molecule has 4 aromatic carbocycles. The Balaban J connectivity index is 1.71. The van der Waals surface area contributed by atoms with Gasteiger partial charge in [0.25, 0.3) is 10.1 Å². The summed E-state index contributed by atoms with van der Waals surface area (Å²) in [6.07, 6.45) is 0. The molecule has 0 aliphatic rings. The van der Waals surface area contributed by atoms with Crippen molar-refractivity contribution < 1.29 is 17.7 Å². The molecule has 0 amide bonds. The molecule has 0 saturated heterocycles. The monoisotopic (exact) mass is 460 g/mol. The van der Waals surface area contributed by atoms with Crippen LogP contribution in [0.25, 0.3) is 10.8 Å². The Morgan fingerprint density at radius 2 is 1.36 bits per heavy atom. The molecular weight excluding hydrogens is 440 g/mol. The van der Waals surface area contributed by atoms with E-state index in [9.17, 15) is 13.0 Å². The molecule has 1 N–H and O–H groups in total. The van der Waals surface area contributed by atoms with Crippen LogP contribution in [0.4, 0.5) is 22.7 Å². The van der Waals surface area contributed by atoms with Crippen LogP contribution in [0.2, 0.25) is 0 Å². The van der Waals surface area contributed by atoms with Crippen LogP contribution in [0.3, 0.4) is 0 Å². The molecule has 0 bridgehead atoms. The molecule has 166 valence electrons. The number of hydrogen-bond donors (Lipinski definition) is 1. The zero-order valence-corrected chi connectivity index (χ0v) is 18.7. The van der Waals surface area contributed by atoms with Crippen LogP contribution in [0.1, 0.15) is 5.56 Å². The van der Waals surface area contributed by atoms with Gasteiger partial charge in [0, 0.05) is 10.8 Å². The van der Waals surface area contributed by atoms with Crippen molar-refractivity contribution in [3.8, 4) is 5.75 Å². The molecule has 0 saturated carbocycles. The van der Waals surface area contributed by atoms with Crippen molar-refractivity contribution in [1.29, 1.82) is 0 Å². The molecular formula is C24H20N4O4S. The van der Waals surface area contributed by atoms with E-state index in [0.717, 1.165) is 16.3 Å². The Labute approximate surface area is 191 Å². The van der Waals surface area contributed by atoms with E-state index in [1.165, 1.54) is 18.2 Å². The molecule has 0 aliphatic heterocycles. The minimum absolute atomic E-state index is 0.244. The predicted molar refractivity (Wildman–Crippen MR) is 126 cm³/mol. The molecule has 8 nitrogen and oxygen atoms in total. The largest absolute Gasteiger partial charge is 0.494 e. The second kappa shape index (κ2) is 9.27. The number of rotatable bonds is 6. The first-order chi connectivity index (χ1) is 15.8. The summed E-state index contributed by atoms with van der Waals surface area (Å²) in [6, 6.07) is 22.4. The molecule has 4 rings (SSSR count). The van der Waals surface area contributed by atoms with Crippen molar-refractivity contribution in [1.82, 2.24) is 0 Å². The summed E-state index contributed by atoms with van der Waals surface area (Å²) in [7, 11) is -2.73. The maximum absolute atomic E-state index is 11.4. The van der Waals surface area contributed by atoms with Gasteiger partial charge in [0.15, 0.2) is 0 Å². The average molecular weight is 461 g/mol. The van der Waals surface area contributed by atoms with Crippen LogP contribution in [-0.2, 0) is 10.1 Å². The molecule has 33 heavy (non-hydrogen) atoms. The number of ether oxygens (including phenoxy) is 1. The summed E-state index contributed by atoms with van der Waals surface area (Å²) in [5.41, 5.74) is 3.20. The molecule has 9 heteroatoms. The summed E-state index contributed by atoms with van der Waals surface area (Å²) in [5.74, 6) is 0.631. The van der Waals surface area contributed by atoms with Gasteiger partial charge in [0.1, 0.15) is 11.4 Å². The SMILES string of the molecule is COc1ccc(C)cc1N=Nc1ccc(N=Nc2cccc(S(=O)(=O)O)c2)c2ccccc12. The zero-order chi connectivity index (χ0) is 23.4. The minimum Gasteiger partial charge on any atom is -0.494 e. The highest BCUT2D eigenvalue weighted by Gasteiger charge is 2.10. The smallest absolute Gasteiger partial charge is 0.294 e. The third-order valence-electron chi connectivity index (χ3n) is 4.87. The van der Waals surface area contributed by atoms with Crippen LogP contribution < -0.4 is 4.74 Å². The van der Waals surface area contributed by atoms with E-state index < -0.39 is 10.1 Å². The van der Waals surface area contributed by atoms with Crippen molar-refractivity contribution in [3.05, 3.63) is 84.4 Å². The van der Waals surface area contributed by atoms with Crippen molar-refractivity contribution in [2.24, 2.45) is 20.5 Å². The van der Waals surface area contributed by atoms with E-state index in [0.29, 0.717) is 28.5 Å². The van der Waals surface area contributed by atoms with Crippen molar-refractivity contribution in [2.45, 2.75) is 11.8 Å². The minimum atomic E-state index is -4.32. The standard InChI is InChI=1S/C24H20N4O4S/c1-16-10-13-24(32-2)23(14-16)28-27-22-12-11-21(19-8-3-4-9-20(19)22)26-25-17-6-5-7-18(15-17)33(29,30)31/h3-15H,1-2H3,(H,29,30,31). The predicted octanol–water partition coefficient (Wildman–Crippen LogP) is 7.23. The van der Waals surface area contributed by atoms with E-state index in [1.807, 2.05) is 49.4 Å². The van der Waals surface area contributed by atoms with Crippen LogP contribution in [0.15, 0.2) is 104 Å². The number of nitrogens with zero attached hydrogens (tertiary/aromatic N) is 4. The lowest BCUT2D eigenvalue weighted by atomic mass is 10.1.